The molecule has 0 bridgehead atoms. The van der Waals surface area contributed by atoms with E-state index in [4.69, 9.17) is 24.9 Å². The van der Waals surface area contributed by atoms with Crippen LogP contribution in [-0.2, 0) is 20.9 Å². The summed E-state index contributed by atoms with van der Waals surface area (Å²) in [5.41, 5.74) is 0.413. The largest absolute Gasteiger partial charge is 0.481 e. The van der Waals surface area contributed by atoms with E-state index in [9.17, 15) is 9.59 Å². The van der Waals surface area contributed by atoms with Crippen LogP contribution in [-0.4, -0.2) is 56.9 Å². The van der Waals surface area contributed by atoms with Crippen LogP contribution in [0.3, 0.4) is 0 Å². The zero-order valence-electron chi connectivity index (χ0n) is 14.6. The molecule has 0 unspecified atom stereocenters. The van der Waals surface area contributed by atoms with Gasteiger partial charge in [0.2, 0.25) is 0 Å². The number of carboxylic acids is 2. The molecule has 0 heterocycles. The van der Waals surface area contributed by atoms with Crippen LogP contribution in [0.1, 0.15) is 32.8 Å². The summed E-state index contributed by atoms with van der Waals surface area (Å²) in [5.74, 6) is -2.12. The van der Waals surface area contributed by atoms with Crippen LogP contribution < -0.4 is 0 Å². The number of aliphatic hydroxyl groups excluding tert-OH is 1. The average Bonchev–Trinajstić information content (AvgIpc) is 2.53. The van der Waals surface area contributed by atoms with Crippen molar-refractivity contribution in [3.05, 3.63) is 35.9 Å². The van der Waals surface area contributed by atoms with Gasteiger partial charge in [-0.2, -0.15) is 0 Å². The van der Waals surface area contributed by atoms with Gasteiger partial charge in [0.05, 0.1) is 6.42 Å². The van der Waals surface area contributed by atoms with Crippen LogP contribution in [0, 0.1) is 0 Å². The summed E-state index contributed by atoms with van der Waals surface area (Å²) >= 11 is 0. The Morgan fingerprint density at radius 3 is 1.96 bits per heavy atom. The number of carbonyl (C=O) groups is 3. The molecule has 0 aliphatic heterocycles. The molecule has 140 valence electrons. The van der Waals surface area contributed by atoms with E-state index in [0.29, 0.717) is 0 Å². The first-order chi connectivity index (χ1) is 11.6. The normalized spacial score (nSPS) is 10.2. The molecule has 0 fully saturated rings. The van der Waals surface area contributed by atoms with Gasteiger partial charge >= 0.3 is 18.0 Å². The van der Waals surface area contributed by atoms with Gasteiger partial charge in [0.1, 0.15) is 13.2 Å². The van der Waals surface area contributed by atoms with Crippen LogP contribution >= 0.6 is 0 Å². The van der Waals surface area contributed by atoms with Crippen molar-refractivity contribution in [1.82, 2.24) is 4.90 Å². The average molecular weight is 355 g/mol. The van der Waals surface area contributed by atoms with Crippen molar-refractivity contribution in [2.24, 2.45) is 0 Å². The maximum absolute atomic E-state index is 12.1. The van der Waals surface area contributed by atoms with Gasteiger partial charge in [-0.1, -0.05) is 30.3 Å². The predicted molar refractivity (Wildman–Crippen MR) is 90.1 cm³/mol. The highest BCUT2D eigenvalue weighted by Crippen LogP contribution is 2.16. The quantitative estimate of drug-likeness (QED) is 0.712. The zero-order valence-corrected chi connectivity index (χ0v) is 14.6. The summed E-state index contributed by atoms with van der Waals surface area (Å²) in [4.78, 5) is 33.3. The molecule has 1 aromatic rings. The second kappa shape index (κ2) is 11.0. The molecule has 0 saturated heterocycles. The Morgan fingerprint density at radius 1 is 1.04 bits per heavy atom. The standard InChI is InChI=1S/C15H21NO4.C2H4O3/c1-15(2,3)16(10-9-13(17)18)14(19)20-11-12-7-5-4-6-8-12;3-1-2(4)5/h4-8H,9-11H2,1-3H3,(H,17,18);3H,1H2,(H,4,5). The van der Waals surface area contributed by atoms with Crippen molar-refractivity contribution in [1.29, 1.82) is 0 Å². The predicted octanol–water partition coefficient (Wildman–Crippen LogP) is 1.96. The monoisotopic (exact) mass is 355 g/mol. The van der Waals surface area contributed by atoms with Gasteiger partial charge in [-0.15, -0.1) is 0 Å². The lowest BCUT2D eigenvalue weighted by atomic mass is 10.1. The fourth-order valence-electron chi connectivity index (χ4n) is 1.71. The lowest BCUT2D eigenvalue weighted by molar-refractivity contribution is -0.140. The van der Waals surface area contributed by atoms with Crippen molar-refractivity contribution in [3.63, 3.8) is 0 Å². The molecule has 0 spiro atoms. The highest BCUT2D eigenvalue weighted by atomic mass is 16.6. The van der Waals surface area contributed by atoms with Gasteiger partial charge in [0, 0.05) is 12.1 Å². The minimum Gasteiger partial charge on any atom is -0.481 e. The van der Waals surface area contributed by atoms with Gasteiger partial charge in [0.15, 0.2) is 0 Å². The number of hydrogen-bond donors (Lipinski definition) is 3. The molecule has 0 aromatic heterocycles. The third-order valence-corrected chi connectivity index (χ3v) is 2.92. The number of carbonyl (C=O) groups excluding carboxylic acids is 1. The lowest BCUT2D eigenvalue weighted by Gasteiger charge is -2.34. The van der Waals surface area contributed by atoms with Gasteiger partial charge in [-0.25, -0.2) is 9.59 Å². The lowest BCUT2D eigenvalue weighted by Crippen LogP contribution is -2.46. The zero-order chi connectivity index (χ0) is 19.5. The van der Waals surface area contributed by atoms with E-state index in [1.807, 2.05) is 51.1 Å². The smallest absolute Gasteiger partial charge is 0.410 e. The Hall–Kier alpha value is -2.61. The number of aliphatic carboxylic acids is 2. The molecule has 0 aliphatic rings. The fourth-order valence-corrected chi connectivity index (χ4v) is 1.71. The summed E-state index contributed by atoms with van der Waals surface area (Å²) < 4.78 is 5.24. The number of hydrogen-bond acceptors (Lipinski definition) is 5. The molecule has 0 saturated carbocycles. The van der Waals surface area contributed by atoms with E-state index in [1.165, 1.54) is 4.90 Å². The molecular weight excluding hydrogens is 330 g/mol. The molecule has 0 radical (unpaired) electrons. The second-order valence-electron chi connectivity index (χ2n) is 6.06. The Balaban J connectivity index is 0.00000101. The van der Waals surface area contributed by atoms with Gasteiger partial charge < -0.3 is 25.0 Å². The minimum absolute atomic E-state index is 0.0995. The van der Waals surface area contributed by atoms with E-state index in [2.05, 4.69) is 0 Å². The van der Waals surface area contributed by atoms with Gasteiger partial charge in [0.25, 0.3) is 0 Å². The van der Waals surface area contributed by atoms with E-state index < -0.39 is 30.2 Å². The molecule has 25 heavy (non-hydrogen) atoms. The second-order valence-corrected chi connectivity index (χ2v) is 6.06. The summed E-state index contributed by atoms with van der Waals surface area (Å²) in [5, 5.41) is 23.8. The minimum atomic E-state index is -1.19. The Morgan fingerprint density at radius 2 is 1.56 bits per heavy atom. The molecule has 1 aromatic carbocycles. The first-order valence-electron chi connectivity index (χ1n) is 7.60. The number of nitrogens with zero attached hydrogens (tertiary/aromatic N) is 1. The SMILES string of the molecule is CC(C)(C)N(CCC(=O)O)C(=O)OCc1ccccc1.O=C(O)CO. The van der Waals surface area contributed by atoms with Crippen molar-refractivity contribution < 1.29 is 34.4 Å². The van der Waals surface area contributed by atoms with E-state index in [0.717, 1.165) is 5.56 Å². The van der Waals surface area contributed by atoms with Gasteiger partial charge in [-0.05, 0) is 26.3 Å². The van der Waals surface area contributed by atoms with Crippen LogP contribution in [0.25, 0.3) is 0 Å². The highest BCUT2D eigenvalue weighted by Gasteiger charge is 2.28. The molecule has 0 aliphatic carbocycles. The Kier molecular flexibility index (Phi) is 9.88. The number of ether oxygens (including phenoxy) is 1. The van der Waals surface area contributed by atoms with E-state index in [-0.39, 0.29) is 19.6 Å². The molecular formula is C17H25NO7. The summed E-state index contributed by atoms with van der Waals surface area (Å²) in [6.07, 6.45) is -0.597. The number of amides is 1. The van der Waals surface area contributed by atoms with E-state index in [1.54, 1.807) is 0 Å². The van der Waals surface area contributed by atoms with Crippen LogP contribution in [0.4, 0.5) is 4.79 Å². The number of benzene rings is 1. The highest BCUT2D eigenvalue weighted by molar-refractivity contribution is 5.71. The molecule has 3 N–H and O–H groups in total. The third-order valence-electron chi connectivity index (χ3n) is 2.92. The molecule has 8 nitrogen and oxygen atoms in total. The summed E-state index contributed by atoms with van der Waals surface area (Å²) in [7, 11) is 0. The summed E-state index contributed by atoms with van der Waals surface area (Å²) in [6, 6.07) is 9.36. The van der Waals surface area contributed by atoms with Crippen molar-refractivity contribution >= 4 is 18.0 Å². The molecule has 8 heteroatoms. The number of aliphatic hydroxyl groups is 1. The third kappa shape index (κ3) is 10.7. The maximum atomic E-state index is 12.1. The summed E-state index contributed by atoms with van der Waals surface area (Å²) in [6.45, 7) is 5.07. The van der Waals surface area contributed by atoms with Crippen LogP contribution in [0.5, 0.6) is 0 Å². The maximum Gasteiger partial charge on any atom is 0.410 e. The van der Waals surface area contributed by atoms with E-state index >= 15 is 0 Å². The first-order valence-corrected chi connectivity index (χ1v) is 7.60. The number of carboxylic acid groups (broad SMARTS) is 2. The van der Waals surface area contributed by atoms with Crippen LogP contribution in [0.2, 0.25) is 0 Å². The molecule has 0 atom stereocenters. The molecule has 1 rings (SSSR count). The Labute approximate surface area is 146 Å². The van der Waals surface area contributed by atoms with Crippen molar-refractivity contribution in [2.45, 2.75) is 39.3 Å². The van der Waals surface area contributed by atoms with Gasteiger partial charge in [-0.3, -0.25) is 4.79 Å². The van der Waals surface area contributed by atoms with Crippen molar-refractivity contribution in [3.8, 4) is 0 Å². The van der Waals surface area contributed by atoms with Crippen LogP contribution in [0.15, 0.2) is 30.3 Å². The Bertz CT molecular complexity index is 552. The fraction of sp³-hybridized carbons (Fsp3) is 0.471. The molecule has 1 amide bonds. The van der Waals surface area contributed by atoms with Crippen molar-refractivity contribution in [2.75, 3.05) is 13.2 Å². The topological polar surface area (TPSA) is 124 Å². The first kappa shape index (κ1) is 22.4. The number of rotatable bonds is 6.